The fraction of sp³-hybridized carbons (Fsp3) is 0.471. The highest BCUT2D eigenvalue weighted by atomic mass is 32.1. The zero-order chi connectivity index (χ0) is 17.0. The number of nitrogens with one attached hydrogen (secondary N) is 1. The first kappa shape index (κ1) is 16.7. The molecule has 128 valence electrons. The molecule has 1 aliphatic rings. The van der Waals surface area contributed by atoms with Crippen molar-refractivity contribution in [1.82, 2.24) is 10.3 Å². The Labute approximate surface area is 143 Å². The van der Waals surface area contributed by atoms with Gasteiger partial charge in [0.25, 0.3) is 0 Å². The van der Waals surface area contributed by atoms with Gasteiger partial charge >= 0.3 is 5.97 Å². The summed E-state index contributed by atoms with van der Waals surface area (Å²) in [4.78, 5) is 28.2. The Bertz CT molecular complexity index is 702. The molecule has 6 nitrogen and oxygen atoms in total. The summed E-state index contributed by atoms with van der Waals surface area (Å²) in [7, 11) is 0. The van der Waals surface area contributed by atoms with Crippen LogP contribution < -0.4 is 5.32 Å². The highest BCUT2D eigenvalue weighted by Crippen LogP contribution is 2.36. The molecule has 24 heavy (non-hydrogen) atoms. The molecule has 1 aliphatic carbocycles. The molecule has 0 saturated heterocycles. The van der Waals surface area contributed by atoms with Gasteiger partial charge in [0.1, 0.15) is 11.3 Å². The van der Waals surface area contributed by atoms with Gasteiger partial charge in [0.2, 0.25) is 5.91 Å². The molecule has 7 heteroatoms. The number of carbonyl (C=O) groups excluding carboxylic acids is 1. The molecule has 0 radical (unpaired) electrons. The Morgan fingerprint density at radius 1 is 1.33 bits per heavy atom. The van der Waals surface area contributed by atoms with Crippen molar-refractivity contribution in [3.05, 3.63) is 29.7 Å². The van der Waals surface area contributed by atoms with Crippen LogP contribution in [0, 0.1) is 5.41 Å². The van der Waals surface area contributed by atoms with E-state index in [0.717, 1.165) is 29.8 Å². The molecule has 1 saturated carbocycles. The highest BCUT2D eigenvalue weighted by molar-refractivity contribution is 7.13. The topological polar surface area (TPSA) is 92.4 Å². The SMILES string of the molecule is O=C(Cc1csc(-c2ccoc2)n1)NCC1(C(=O)O)CCCCC1. The van der Waals surface area contributed by atoms with E-state index in [1.807, 2.05) is 11.4 Å². The molecule has 0 aliphatic heterocycles. The Morgan fingerprint density at radius 3 is 2.79 bits per heavy atom. The summed E-state index contributed by atoms with van der Waals surface area (Å²) >= 11 is 1.45. The largest absolute Gasteiger partial charge is 0.481 e. The summed E-state index contributed by atoms with van der Waals surface area (Å²) in [6.45, 7) is 0.194. The van der Waals surface area contributed by atoms with Crippen LogP contribution >= 0.6 is 11.3 Å². The summed E-state index contributed by atoms with van der Waals surface area (Å²) in [6.07, 6.45) is 7.49. The Hall–Kier alpha value is -2.15. The van der Waals surface area contributed by atoms with Crippen LogP contribution in [-0.2, 0) is 16.0 Å². The van der Waals surface area contributed by atoms with Crippen molar-refractivity contribution in [2.75, 3.05) is 6.54 Å². The summed E-state index contributed by atoms with van der Waals surface area (Å²) in [5.41, 5.74) is 0.762. The molecule has 0 bridgehead atoms. The van der Waals surface area contributed by atoms with E-state index in [9.17, 15) is 14.7 Å². The van der Waals surface area contributed by atoms with Gasteiger partial charge in [0.05, 0.1) is 23.8 Å². The fourth-order valence-electron chi connectivity index (χ4n) is 3.10. The van der Waals surface area contributed by atoms with Crippen LogP contribution in [0.5, 0.6) is 0 Å². The van der Waals surface area contributed by atoms with Crippen molar-refractivity contribution in [3.8, 4) is 10.6 Å². The van der Waals surface area contributed by atoms with Gasteiger partial charge in [-0.2, -0.15) is 0 Å². The van der Waals surface area contributed by atoms with Crippen LogP contribution in [0.3, 0.4) is 0 Å². The van der Waals surface area contributed by atoms with E-state index < -0.39 is 11.4 Å². The summed E-state index contributed by atoms with van der Waals surface area (Å²) in [5.74, 6) is -0.997. The van der Waals surface area contributed by atoms with E-state index >= 15 is 0 Å². The summed E-state index contributed by atoms with van der Waals surface area (Å²) in [5, 5.41) is 15.0. The van der Waals surface area contributed by atoms with Gasteiger partial charge in [-0.05, 0) is 18.9 Å². The molecule has 2 heterocycles. The van der Waals surface area contributed by atoms with Gasteiger partial charge in [-0.15, -0.1) is 11.3 Å². The summed E-state index contributed by atoms with van der Waals surface area (Å²) < 4.78 is 5.03. The monoisotopic (exact) mass is 348 g/mol. The van der Waals surface area contributed by atoms with Crippen molar-refractivity contribution < 1.29 is 19.1 Å². The molecule has 0 unspecified atom stereocenters. The maximum atomic E-state index is 12.2. The van der Waals surface area contributed by atoms with Crippen LogP contribution in [0.2, 0.25) is 0 Å². The number of carbonyl (C=O) groups is 2. The standard InChI is InChI=1S/C17H20N2O4S/c20-14(18-11-17(16(21)22)5-2-1-3-6-17)8-13-10-24-15(19-13)12-4-7-23-9-12/h4,7,9-10H,1-3,5-6,8,11H2,(H,18,20)(H,21,22). The molecule has 1 fully saturated rings. The van der Waals surface area contributed by atoms with E-state index in [2.05, 4.69) is 10.3 Å². The van der Waals surface area contributed by atoms with E-state index in [0.29, 0.717) is 18.5 Å². The Balaban J connectivity index is 1.56. The Kier molecular flexibility index (Phi) is 4.99. The lowest BCUT2D eigenvalue weighted by Crippen LogP contribution is -2.44. The van der Waals surface area contributed by atoms with Crippen LogP contribution in [0.25, 0.3) is 10.6 Å². The van der Waals surface area contributed by atoms with Crippen molar-refractivity contribution in [3.63, 3.8) is 0 Å². The Morgan fingerprint density at radius 2 is 2.12 bits per heavy atom. The number of rotatable bonds is 6. The second kappa shape index (κ2) is 7.17. The third-order valence-electron chi connectivity index (χ3n) is 4.55. The number of furan rings is 1. The number of thiazole rings is 1. The molecule has 2 N–H and O–H groups in total. The number of nitrogens with zero attached hydrogens (tertiary/aromatic N) is 1. The normalized spacial score (nSPS) is 16.7. The molecule has 0 spiro atoms. The van der Waals surface area contributed by atoms with Crippen molar-refractivity contribution in [2.45, 2.75) is 38.5 Å². The second-order valence-electron chi connectivity index (χ2n) is 6.26. The van der Waals surface area contributed by atoms with Crippen LogP contribution in [0.4, 0.5) is 0 Å². The first-order chi connectivity index (χ1) is 11.6. The van der Waals surface area contributed by atoms with Crippen LogP contribution in [0.15, 0.2) is 28.4 Å². The van der Waals surface area contributed by atoms with Crippen LogP contribution in [-0.4, -0.2) is 28.5 Å². The molecular formula is C17H20N2O4S. The predicted octanol–water partition coefficient (Wildman–Crippen LogP) is 3.10. The van der Waals surface area contributed by atoms with E-state index in [1.165, 1.54) is 11.3 Å². The first-order valence-electron chi connectivity index (χ1n) is 8.06. The fourth-order valence-corrected chi connectivity index (χ4v) is 3.90. The average Bonchev–Trinajstić information content (AvgIpc) is 3.25. The first-order valence-corrected chi connectivity index (χ1v) is 8.94. The lowest BCUT2D eigenvalue weighted by Gasteiger charge is -2.33. The van der Waals surface area contributed by atoms with Gasteiger partial charge in [-0.25, -0.2) is 4.98 Å². The minimum absolute atomic E-state index is 0.157. The van der Waals surface area contributed by atoms with E-state index in [-0.39, 0.29) is 18.9 Å². The molecule has 0 atom stereocenters. The molecule has 3 rings (SSSR count). The van der Waals surface area contributed by atoms with Crippen molar-refractivity contribution in [2.24, 2.45) is 5.41 Å². The second-order valence-corrected chi connectivity index (χ2v) is 7.11. The molecule has 0 aromatic carbocycles. The average molecular weight is 348 g/mol. The van der Waals surface area contributed by atoms with E-state index in [1.54, 1.807) is 12.5 Å². The van der Waals surface area contributed by atoms with Gasteiger partial charge in [0.15, 0.2) is 0 Å². The van der Waals surface area contributed by atoms with Gasteiger partial charge < -0.3 is 14.8 Å². The maximum absolute atomic E-state index is 12.2. The predicted molar refractivity (Wildman–Crippen MR) is 89.7 cm³/mol. The molecule has 2 aromatic rings. The zero-order valence-electron chi connectivity index (χ0n) is 13.3. The number of carboxylic acids is 1. The minimum atomic E-state index is -0.808. The number of carboxylic acid groups (broad SMARTS) is 1. The van der Waals surface area contributed by atoms with Crippen molar-refractivity contribution in [1.29, 1.82) is 0 Å². The van der Waals surface area contributed by atoms with Gasteiger partial charge in [0, 0.05) is 17.5 Å². The quantitative estimate of drug-likeness (QED) is 0.837. The number of aromatic nitrogens is 1. The molecule has 2 aromatic heterocycles. The third-order valence-corrected chi connectivity index (χ3v) is 5.49. The van der Waals surface area contributed by atoms with Crippen LogP contribution in [0.1, 0.15) is 37.8 Å². The van der Waals surface area contributed by atoms with Gasteiger partial charge in [-0.1, -0.05) is 19.3 Å². The van der Waals surface area contributed by atoms with Gasteiger partial charge in [-0.3, -0.25) is 9.59 Å². The number of aliphatic carboxylic acids is 1. The summed E-state index contributed by atoms with van der Waals surface area (Å²) in [6, 6.07) is 1.82. The highest BCUT2D eigenvalue weighted by Gasteiger charge is 2.39. The molecular weight excluding hydrogens is 328 g/mol. The van der Waals surface area contributed by atoms with E-state index in [4.69, 9.17) is 4.42 Å². The molecule has 1 amide bonds. The third kappa shape index (κ3) is 3.67. The zero-order valence-corrected chi connectivity index (χ0v) is 14.1. The smallest absolute Gasteiger partial charge is 0.311 e. The number of hydrogen-bond acceptors (Lipinski definition) is 5. The lowest BCUT2D eigenvalue weighted by atomic mass is 9.74. The number of hydrogen-bond donors (Lipinski definition) is 2. The van der Waals surface area contributed by atoms with Crippen molar-refractivity contribution >= 4 is 23.2 Å². The minimum Gasteiger partial charge on any atom is -0.481 e. The lowest BCUT2D eigenvalue weighted by molar-refractivity contribution is -0.151. The number of amides is 1. The maximum Gasteiger partial charge on any atom is 0.311 e.